The molecular formula is C69H131NO3. The average Bonchev–Trinajstić information content (AvgIpc) is 3.40. The molecule has 0 fully saturated rings. The van der Waals surface area contributed by atoms with Gasteiger partial charge in [-0.3, -0.25) is 4.79 Å². The lowest BCUT2D eigenvalue weighted by Gasteiger charge is -2.19. The molecule has 1 amide bonds. The topological polar surface area (TPSA) is 69.6 Å². The third kappa shape index (κ3) is 61.1. The molecule has 430 valence electrons. The van der Waals surface area contributed by atoms with Gasteiger partial charge in [0.25, 0.3) is 0 Å². The van der Waals surface area contributed by atoms with Gasteiger partial charge >= 0.3 is 0 Å². The van der Waals surface area contributed by atoms with Crippen LogP contribution in [0.1, 0.15) is 367 Å². The molecule has 73 heavy (non-hydrogen) atoms. The number of allylic oxidation sites excluding steroid dienone is 7. The number of hydrogen-bond acceptors (Lipinski definition) is 3. The van der Waals surface area contributed by atoms with E-state index < -0.39 is 12.1 Å². The van der Waals surface area contributed by atoms with Crippen molar-refractivity contribution >= 4 is 5.91 Å². The molecule has 0 aliphatic carbocycles. The molecule has 2 unspecified atom stereocenters. The summed E-state index contributed by atoms with van der Waals surface area (Å²) in [6.07, 6.45) is 90.5. The maximum atomic E-state index is 12.5. The quantitative estimate of drug-likeness (QED) is 0.0420. The van der Waals surface area contributed by atoms with E-state index in [1.807, 2.05) is 6.08 Å². The molecule has 0 bridgehead atoms. The summed E-state index contributed by atoms with van der Waals surface area (Å²) in [5.74, 6) is -0.0724. The minimum Gasteiger partial charge on any atom is -0.394 e. The molecule has 0 aromatic rings. The predicted molar refractivity (Wildman–Crippen MR) is 327 cm³/mol. The maximum Gasteiger partial charge on any atom is 0.220 e. The monoisotopic (exact) mass is 1020 g/mol. The van der Waals surface area contributed by atoms with Crippen molar-refractivity contribution in [3.63, 3.8) is 0 Å². The highest BCUT2D eigenvalue weighted by molar-refractivity contribution is 5.76. The van der Waals surface area contributed by atoms with Crippen LogP contribution < -0.4 is 5.32 Å². The molecule has 0 aromatic carbocycles. The van der Waals surface area contributed by atoms with Gasteiger partial charge < -0.3 is 15.5 Å². The first-order valence-electron chi connectivity index (χ1n) is 33.4. The zero-order valence-corrected chi connectivity index (χ0v) is 49.7. The molecule has 0 heterocycles. The molecular weight excluding hydrogens is 891 g/mol. The molecule has 3 N–H and O–H groups in total. The van der Waals surface area contributed by atoms with Gasteiger partial charge in [-0.1, -0.05) is 339 Å². The first kappa shape index (κ1) is 71.3. The molecule has 0 aliphatic rings. The van der Waals surface area contributed by atoms with E-state index in [2.05, 4.69) is 55.6 Å². The van der Waals surface area contributed by atoms with E-state index in [-0.39, 0.29) is 12.5 Å². The van der Waals surface area contributed by atoms with E-state index in [0.717, 1.165) is 38.5 Å². The van der Waals surface area contributed by atoms with Crippen molar-refractivity contribution < 1.29 is 15.0 Å². The number of hydrogen-bond donors (Lipinski definition) is 3. The normalized spacial score (nSPS) is 13.0. The van der Waals surface area contributed by atoms with Crippen LogP contribution in [0.2, 0.25) is 0 Å². The number of carbonyl (C=O) groups excluding carboxylic acids is 1. The van der Waals surface area contributed by atoms with Crippen LogP contribution in [0.3, 0.4) is 0 Å². The molecule has 2 atom stereocenters. The zero-order chi connectivity index (χ0) is 52.7. The minimum absolute atomic E-state index is 0.0724. The van der Waals surface area contributed by atoms with Crippen LogP contribution >= 0.6 is 0 Å². The van der Waals surface area contributed by atoms with Crippen LogP contribution in [0.4, 0.5) is 0 Å². The van der Waals surface area contributed by atoms with Gasteiger partial charge in [0.05, 0.1) is 18.8 Å². The van der Waals surface area contributed by atoms with Crippen molar-refractivity contribution in [1.82, 2.24) is 5.32 Å². The summed E-state index contributed by atoms with van der Waals surface area (Å²) in [6, 6.07) is -0.647. The summed E-state index contributed by atoms with van der Waals surface area (Å²) in [7, 11) is 0. The third-order valence-corrected chi connectivity index (χ3v) is 15.5. The van der Waals surface area contributed by atoms with E-state index in [1.54, 1.807) is 6.08 Å². The Labute approximate surface area is 458 Å². The Hall–Kier alpha value is -1.65. The van der Waals surface area contributed by atoms with E-state index in [0.29, 0.717) is 6.42 Å². The lowest BCUT2D eigenvalue weighted by molar-refractivity contribution is -0.123. The number of aliphatic hydroxyl groups excluding tert-OH is 2. The lowest BCUT2D eigenvalue weighted by Crippen LogP contribution is -2.45. The van der Waals surface area contributed by atoms with Gasteiger partial charge in [-0.25, -0.2) is 0 Å². The van der Waals surface area contributed by atoms with Gasteiger partial charge in [0.1, 0.15) is 0 Å². The Morgan fingerprint density at radius 2 is 0.534 bits per heavy atom. The highest BCUT2D eigenvalue weighted by atomic mass is 16.3. The van der Waals surface area contributed by atoms with Gasteiger partial charge in [0.15, 0.2) is 0 Å². The smallest absolute Gasteiger partial charge is 0.220 e. The molecule has 4 nitrogen and oxygen atoms in total. The predicted octanol–water partition coefficient (Wildman–Crippen LogP) is 22.5. The third-order valence-electron chi connectivity index (χ3n) is 15.5. The number of rotatable bonds is 62. The number of aliphatic hydroxyl groups is 2. The fraction of sp³-hybridized carbons (Fsp3) is 0.870. The van der Waals surface area contributed by atoms with Gasteiger partial charge in [-0.15, -0.1) is 0 Å². The first-order chi connectivity index (χ1) is 36.2. The fourth-order valence-electron chi connectivity index (χ4n) is 10.4. The van der Waals surface area contributed by atoms with Crippen molar-refractivity contribution in [2.75, 3.05) is 6.61 Å². The molecule has 0 rings (SSSR count). The van der Waals surface area contributed by atoms with Crippen LogP contribution in [0, 0.1) is 0 Å². The van der Waals surface area contributed by atoms with E-state index in [4.69, 9.17) is 0 Å². The maximum absolute atomic E-state index is 12.5. The van der Waals surface area contributed by atoms with E-state index in [9.17, 15) is 15.0 Å². The van der Waals surface area contributed by atoms with Crippen molar-refractivity contribution in [1.29, 1.82) is 0 Å². The van der Waals surface area contributed by atoms with Crippen molar-refractivity contribution in [3.05, 3.63) is 48.6 Å². The summed E-state index contributed by atoms with van der Waals surface area (Å²) < 4.78 is 0. The number of unbranched alkanes of at least 4 members (excludes halogenated alkanes) is 49. The fourth-order valence-corrected chi connectivity index (χ4v) is 10.4. The first-order valence-corrected chi connectivity index (χ1v) is 33.4. The molecule has 0 saturated heterocycles. The van der Waals surface area contributed by atoms with E-state index >= 15 is 0 Å². The zero-order valence-electron chi connectivity index (χ0n) is 49.7. The minimum atomic E-state index is -0.871. The van der Waals surface area contributed by atoms with Crippen molar-refractivity contribution in [3.8, 4) is 0 Å². The van der Waals surface area contributed by atoms with Crippen LogP contribution in [0.25, 0.3) is 0 Å². The lowest BCUT2D eigenvalue weighted by atomic mass is 10.0. The molecule has 0 spiro atoms. The van der Waals surface area contributed by atoms with Gasteiger partial charge in [-0.2, -0.15) is 0 Å². The number of carbonyl (C=O) groups is 1. The average molecular weight is 1020 g/mol. The number of nitrogens with one attached hydrogen (secondary N) is 1. The summed E-state index contributed by atoms with van der Waals surface area (Å²) in [4.78, 5) is 12.5. The largest absolute Gasteiger partial charge is 0.394 e. The Balaban J connectivity index is 3.45. The number of amides is 1. The van der Waals surface area contributed by atoms with Crippen LogP contribution in [-0.4, -0.2) is 34.9 Å². The standard InChI is InChI=1S/C69H131NO3/c1-3-5-7-9-11-13-15-17-19-21-23-25-27-28-29-30-31-32-33-34-35-36-37-38-39-40-41-42-43-45-47-49-51-53-55-57-59-61-63-65-69(73)70-67(66-71)68(72)64-62-60-58-56-54-52-50-48-46-44-26-24-22-20-18-16-14-12-10-8-6-4-2/h34-35,46,48,54,56,62,64,67-68,71-72H,3-33,36-45,47,49-53,55,57-61,63,65-66H2,1-2H3,(H,70,73)/b35-34-,48-46+,56-54+,64-62+. The highest BCUT2D eigenvalue weighted by Gasteiger charge is 2.18. The summed E-state index contributed by atoms with van der Waals surface area (Å²) in [5, 5.41) is 23.2. The van der Waals surface area contributed by atoms with E-state index in [1.165, 1.54) is 308 Å². The molecule has 4 heteroatoms. The van der Waals surface area contributed by atoms with Crippen LogP contribution in [0.5, 0.6) is 0 Å². The van der Waals surface area contributed by atoms with Gasteiger partial charge in [0, 0.05) is 6.42 Å². The SMILES string of the molecule is CCCCCCCCCCCCCC/C=C/CC/C=C/CC/C=C/C(O)C(CO)NC(=O)CCCCCCCCCCCCCCCCCCC/C=C\CCCCCCCCCCCCCCCCCCCC. The highest BCUT2D eigenvalue weighted by Crippen LogP contribution is 2.18. The molecule has 0 radical (unpaired) electrons. The molecule has 0 aromatic heterocycles. The van der Waals surface area contributed by atoms with Gasteiger partial charge in [0.2, 0.25) is 5.91 Å². The Bertz CT molecular complexity index is 1160. The van der Waals surface area contributed by atoms with Crippen molar-refractivity contribution in [2.45, 2.75) is 379 Å². The Morgan fingerprint density at radius 1 is 0.315 bits per heavy atom. The van der Waals surface area contributed by atoms with Crippen LogP contribution in [0.15, 0.2) is 48.6 Å². The second-order valence-electron chi connectivity index (χ2n) is 22.9. The molecule has 0 saturated carbocycles. The summed E-state index contributed by atoms with van der Waals surface area (Å²) >= 11 is 0. The Kier molecular flexibility index (Phi) is 63.2. The van der Waals surface area contributed by atoms with Gasteiger partial charge in [-0.05, 0) is 70.6 Å². The Morgan fingerprint density at radius 3 is 0.795 bits per heavy atom. The molecule has 0 aliphatic heterocycles. The summed E-state index contributed by atoms with van der Waals surface area (Å²) in [6.45, 7) is 4.33. The second kappa shape index (κ2) is 64.6. The summed E-state index contributed by atoms with van der Waals surface area (Å²) in [5.41, 5.74) is 0. The second-order valence-corrected chi connectivity index (χ2v) is 22.9. The van der Waals surface area contributed by atoms with Crippen LogP contribution in [-0.2, 0) is 4.79 Å². The van der Waals surface area contributed by atoms with Crippen molar-refractivity contribution in [2.24, 2.45) is 0 Å².